The van der Waals surface area contributed by atoms with Gasteiger partial charge in [-0.15, -0.1) is 0 Å². The second-order valence-electron chi connectivity index (χ2n) is 6.78. The maximum Gasteiger partial charge on any atom is 0.245 e. The van der Waals surface area contributed by atoms with E-state index < -0.39 is 20.5 Å². The van der Waals surface area contributed by atoms with Crippen molar-refractivity contribution in [2.75, 3.05) is 24.7 Å². The van der Waals surface area contributed by atoms with Crippen molar-refractivity contribution in [1.29, 1.82) is 0 Å². The monoisotopic (exact) mass is 372 g/mol. The number of hydrogen-bond donors (Lipinski definition) is 2. The van der Waals surface area contributed by atoms with Crippen LogP contribution in [0.5, 0.6) is 0 Å². The van der Waals surface area contributed by atoms with Gasteiger partial charge in [0.2, 0.25) is 5.91 Å². The number of rotatable bonds is 3. The van der Waals surface area contributed by atoms with Gasteiger partial charge < -0.3 is 15.1 Å². The van der Waals surface area contributed by atoms with Crippen molar-refractivity contribution in [3.63, 3.8) is 0 Å². The van der Waals surface area contributed by atoms with Crippen LogP contribution in [0.4, 0.5) is 5.69 Å². The van der Waals surface area contributed by atoms with E-state index in [0.717, 1.165) is 22.6 Å². The molecule has 2 aromatic carbocycles. The number of carbonyl (C=O) groups is 1. The molecule has 2 heterocycles. The van der Waals surface area contributed by atoms with Gasteiger partial charge in [0, 0.05) is 28.8 Å². The van der Waals surface area contributed by atoms with E-state index >= 15 is 0 Å². The summed E-state index contributed by atoms with van der Waals surface area (Å²) in [5, 5.41) is 7.86. The van der Waals surface area contributed by atoms with Gasteiger partial charge in [-0.25, -0.2) is 8.42 Å². The zero-order chi connectivity index (χ0) is 18.4. The van der Waals surface area contributed by atoms with E-state index in [1.807, 2.05) is 30.3 Å². The zero-order valence-electron chi connectivity index (χ0n) is 14.4. The lowest BCUT2D eigenvalue weighted by atomic mass is 9.95. The molecule has 26 heavy (non-hydrogen) atoms. The summed E-state index contributed by atoms with van der Waals surface area (Å²) >= 11 is 0. The summed E-state index contributed by atoms with van der Waals surface area (Å²) in [7, 11) is -3.55. The molecular weight excluding hydrogens is 352 g/mol. The Morgan fingerprint density at radius 2 is 1.77 bits per heavy atom. The molecule has 6 nitrogen and oxygen atoms in total. The minimum atomic E-state index is -3.55. The van der Waals surface area contributed by atoms with Crippen LogP contribution in [0.25, 0.3) is 21.9 Å². The van der Waals surface area contributed by atoms with Gasteiger partial charge in [-0.2, -0.15) is 0 Å². The second kappa shape index (κ2) is 6.10. The number of fused-ring (bicyclic) bond motifs is 3. The predicted octanol–water partition coefficient (Wildman–Crippen LogP) is 2.69. The van der Waals surface area contributed by atoms with E-state index in [4.69, 9.17) is 4.42 Å². The van der Waals surface area contributed by atoms with E-state index in [1.54, 1.807) is 12.1 Å². The first kappa shape index (κ1) is 17.1. The third kappa shape index (κ3) is 2.68. The Kier molecular flexibility index (Phi) is 4.00. The van der Waals surface area contributed by atoms with Crippen LogP contribution < -0.4 is 10.6 Å². The number of amides is 1. The summed E-state index contributed by atoms with van der Waals surface area (Å²) in [4.78, 5) is 12.9. The topological polar surface area (TPSA) is 88.4 Å². The SMILES string of the molecule is CS(=O)(=O)C1(C(=O)Nc2ccc3c(c2)oc2ccccc23)CCNCC1. The molecule has 0 unspecified atom stereocenters. The molecule has 1 saturated heterocycles. The molecule has 1 aromatic heterocycles. The molecule has 1 amide bonds. The van der Waals surface area contributed by atoms with Crippen molar-refractivity contribution in [2.45, 2.75) is 17.6 Å². The average Bonchev–Trinajstić information content (AvgIpc) is 2.99. The molecule has 7 heteroatoms. The van der Waals surface area contributed by atoms with Crippen molar-refractivity contribution < 1.29 is 17.6 Å². The molecule has 0 aliphatic carbocycles. The van der Waals surface area contributed by atoms with E-state index in [1.165, 1.54) is 0 Å². The number of carbonyl (C=O) groups excluding carboxylic acids is 1. The van der Waals surface area contributed by atoms with Gasteiger partial charge in [0.05, 0.1) is 0 Å². The summed E-state index contributed by atoms with van der Waals surface area (Å²) in [5.41, 5.74) is 1.96. The normalized spacial score (nSPS) is 17.4. The van der Waals surface area contributed by atoms with Crippen LogP contribution in [0.2, 0.25) is 0 Å². The predicted molar refractivity (Wildman–Crippen MR) is 102 cm³/mol. The number of para-hydroxylation sites is 1. The van der Waals surface area contributed by atoms with Crippen LogP contribution in [-0.2, 0) is 14.6 Å². The van der Waals surface area contributed by atoms with E-state index in [2.05, 4.69) is 10.6 Å². The molecule has 3 aromatic rings. The molecule has 2 N–H and O–H groups in total. The Morgan fingerprint density at radius 1 is 1.08 bits per heavy atom. The third-order valence-electron chi connectivity index (χ3n) is 5.17. The molecule has 1 aliphatic rings. The largest absolute Gasteiger partial charge is 0.456 e. The lowest BCUT2D eigenvalue weighted by Gasteiger charge is -2.34. The molecule has 0 spiro atoms. The molecule has 0 saturated carbocycles. The third-order valence-corrected chi connectivity index (χ3v) is 7.18. The zero-order valence-corrected chi connectivity index (χ0v) is 15.2. The smallest absolute Gasteiger partial charge is 0.245 e. The molecule has 0 bridgehead atoms. The summed E-state index contributed by atoms with van der Waals surface area (Å²) in [5.74, 6) is -0.475. The lowest BCUT2D eigenvalue weighted by molar-refractivity contribution is -0.119. The molecule has 1 aliphatic heterocycles. The van der Waals surface area contributed by atoms with Crippen LogP contribution >= 0.6 is 0 Å². The molecule has 0 radical (unpaired) electrons. The molecular formula is C19H20N2O4S. The number of nitrogens with one attached hydrogen (secondary N) is 2. The fraction of sp³-hybridized carbons (Fsp3) is 0.316. The van der Waals surface area contributed by atoms with Crippen LogP contribution in [0.3, 0.4) is 0 Å². The highest BCUT2D eigenvalue weighted by Crippen LogP contribution is 2.32. The highest BCUT2D eigenvalue weighted by atomic mass is 32.2. The van der Waals surface area contributed by atoms with Gasteiger partial charge in [-0.05, 0) is 44.1 Å². The fourth-order valence-electron chi connectivity index (χ4n) is 3.65. The van der Waals surface area contributed by atoms with E-state index in [0.29, 0.717) is 24.4 Å². The summed E-state index contributed by atoms with van der Waals surface area (Å²) in [6.07, 6.45) is 1.68. The molecule has 4 rings (SSSR count). The van der Waals surface area contributed by atoms with Gasteiger partial charge in [-0.1, -0.05) is 18.2 Å². The maximum absolute atomic E-state index is 12.9. The molecule has 0 atom stereocenters. The van der Waals surface area contributed by atoms with Crippen molar-refractivity contribution in [1.82, 2.24) is 5.32 Å². The Morgan fingerprint density at radius 3 is 2.50 bits per heavy atom. The number of benzene rings is 2. The minimum Gasteiger partial charge on any atom is -0.456 e. The van der Waals surface area contributed by atoms with Gasteiger partial charge in [0.1, 0.15) is 11.2 Å². The average molecular weight is 372 g/mol. The summed E-state index contributed by atoms with van der Waals surface area (Å²) in [6.45, 7) is 1.01. The number of sulfone groups is 1. The second-order valence-corrected chi connectivity index (χ2v) is 9.11. The first-order chi connectivity index (χ1) is 12.4. The fourth-order valence-corrected chi connectivity index (χ4v) is 4.98. The first-order valence-electron chi connectivity index (χ1n) is 8.54. The Balaban J connectivity index is 1.69. The van der Waals surface area contributed by atoms with Crippen molar-refractivity contribution in [3.8, 4) is 0 Å². The van der Waals surface area contributed by atoms with Crippen molar-refractivity contribution >= 4 is 43.4 Å². The Bertz CT molecular complexity index is 1100. The number of furan rings is 1. The lowest BCUT2D eigenvalue weighted by Crippen LogP contribution is -2.55. The highest BCUT2D eigenvalue weighted by molar-refractivity contribution is 7.92. The first-order valence-corrected chi connectivity index (χ1v) is 10.4. The molecule has 1 fully saturated rings. The summed E-state index contributed by atoms with van der Waals surface area (Å²) in [6, 6.07) is 13.1. The quantitative estimate of drug-likeness (QED) is 0.738. The molecule has 136 valence electrons. The van der Waals surface area contributed by atoms with Gasteiger partial charge in [-0.3, -0.25) is 4.79 Å². The van der Waals surface area contributed by atoms with Crippen LogP contribution in [0.15, 0.2) is 46.9 Å². The number of hydrogen-bond acceptors (Lipinski definition) is 5. The standard InChI is InChI=1S/C19H20N2O4S/c1-26(23,24)19(8-10-20-11-9-19)18(22)21-13-6-7-15-14-4-2-3-5-16(14)25-17(15)12-13/h2-7,12,20H,8-11H2,1H3,(H,21,22). The minimum absolute atomic E-state index is 0.268. The van der Waals surface area contributed by atoms with E-state index in [-0.39, 0.29) is 12.8 Å². The van der Waals surface area contributed by atoms with E-state index in [9.17, 15) is 13.2 Å². The van der Waals surface area contributed by atoms with Crippen LogP contribution in [0.1, 0.15) is 12.8 Å². The Hall–Kier alpha value is -2.38. The van der Waals surface area contributed by atoms with Crippen molar-refractivity contribution in [3.05, 3.63) is 42.5 Å². The number of anilines is 1. The van der Waals surface area contributed by atoms with Crippen molar-refractivity contribution in [2.24, 2.45) is 0 Å². The Labute approximate surface area is 151 Å². The number of piperidine rings is 1. The van der Waals surface area contributed by atoms with Gasteiger partial charge in [0.15, 0.2) is 14.6 Å². The highest BCUT2D eigenvalue weighted by Gasteiger charge is 2.48. The van der Waals surface area contributed by atoms with Crippen LogP contribution in [-0.4, -0.2) is 38.4 Å². The van der Waals surface area contributed by atoms with Crippen LogP contribution in [0, 0.1) is 0 Å². The van der Waals surface area contributed by atoms with Gasteiger partial charge in [0.25, 0.3) is 0 Å². The maximum atomic E-state index is 12.9. The van der Waals surface area contributed by atoms with Gasteiger partial charge >= 0.3 is 0 Å². The summed E-state index contributed by atoms with van der Waals surface area (Å²) < 4.78 is 29.2.